The second-order valence-electron chi connectivity index (χ2n) is 9.42. The van der Waals surface area contributed by atoms with E-state index in [1.165, 1.54) is 23.1 Å². The quantitative estimate of drug-likeness (QED) is 0.0948. The molecule has 42 heavy (non-hydrogen) atoms. The molecule has 3 aromatic carbocycles. The number of benzene rings is 3. The normalized spacial score (nSPS) is 14.4. The Hall–Kier alpha value is -4.90. The molecule has 4 rings (SSSR count). The average molecular weight is 591 g/mol. The Labute approximate surface area is 247 Å². The summed E-state index contributed by atoms with van der Waals surface area (Å²) >= 11 is 6.14. The second kappa shape index (κ2) is 13.2. The number of para-hydroxylation sites is 1. The number of halogens is 1. The molecule has 0 radical (unpaired) electrons. The van der Waals surface area contributed by atoms with Crippen molar-refractivity contribution in [1.29, 1.82) is 10.8 Å². The zero-order valence-electron chi connectivity index (χ0n) is 23.1. The molecule has 6 N–H and O–H groups in total. The van der Waals surface area contributed by atoms with E-state index in [4.69, 9.17) is 32.1 Å². The Bertz CT molecular complexity index is 1560. The molecule has 218 valence electrons. The van der Waals surface area contributed by atoms with Gasteiger partial charge in [0.05, 0.1) is 29.9 Å². The molecule has 2 amide bonds. The van der Waals surface area contributed by atoms with E-state index in [0.717, 1.165) is 0 Å². The van der Waals surface area contributed by atoms with Crippen molar-refractivity contribution in [2.24, 2.45) is 4.99 Å². The van der Waals surface area contributed by atoms with Crippen LogP contribution in [-0.2, 0) is 4.79 Å². The minimum absolute atomic E-state index is 0.00875. The number of nitrogens with one attached hydrogen (secondary N) is 4. The summed E-state index contributed by atoms with van der Waals surface area (Å²) in [5.41, 5.74) is 2.25. The first kappa shape index (κ1) is 30.1. The first-order valence-electron chi connectivity index (χ1n) is 13.2. The van der Waals surface area contributed by atoms with Crippen LogP contribution in [0.3, 0.4) is 0 Å². The van der Waals surface area contributed by atoms with Crippen molar-refractivity contribution in [2.75, 3.05) is 24.6 Å². The third-order valence-electron chi connectivity index (χ3n) is 6.43. The molecule has 1 heterocycles. The molecule has 1 aliphatic heterocycles. The third-order valence-corrected chi connectivity index (χ3v) is 6.68. The maximum Gasteiger partial charge on any atom is 0.255 e. The highest BCUT2D eigenvalue weighted by Gasteiger charge is 2.32. The molecule has 0 saturated carbocycles. The number of ether oxygens (including phenoxy) is 1. The van der Waals surface area contributed by atoms with Gasteiger partial charge in [-0.2, -0.15) is 0 Å². The average Bonchev–Trinajstić information content (AvgIpc) is 3.07. The monoisotopic (exact) mass is 590 g/mol. The number of nitrogens with zero attached hydrogens (tertiary/aromatic N) is 2. The predicted molar refractivity (Wildman–Crippen MR) is 162 cm³/mol. The number of phenolic OH excluding ortho intramolecular Hbond substituents is 2. The fourth-order valence-electron chi connectivity index (χ4n) is 4.48. The van der Waals surface area contributed by atoms with Crippen LogP contribution in [0.15, 0.2) is 65.7 Å². The van der Waals surface area contributed by atoms with E-state index < -0.39 is 23.4 Å². The molecular weight excluding hydrogens is 560 g/mol. The number of carbonyl (C=O) groups is 2. The van der Waals surface area contributed by atoms with Gasteiger partial charge in [-0.15, -0.1) is 0 Å². The van der Waals surface area contributed by atoms with Gasteiger partial charge in [-0.3, -0.25) is 30.3 Å². The Balaban J connectivity index is 1.64. The fourth-order valence-corrected chi connectivity index (χ4v) is 4.61. The largest absolute Gasteiger partial charge is 0.504 e. The molecule has 1 aliphatic rings. The van der Waals surface area contributed by atoms with Crippen LogP contribution in [0.1, 0.15) is 41.8 Å². The zero-order valence-corrected chi connectivity index (χ0v) is 23.8. The standard InChI is InChI=1S/C30H31ClN6O5/c1-3-34-26(39)16-23-29(33)37(17(2)32)24-12-11-20(15-22(24)27(36-23)18-7-9-19(31)10-8-18)42-14-13-35-30(41)21-5-4-6-25(38)28(21)40/h4-12,15,23,32-33,38,40H,3,13-14,16H2,1-2H3,(H,34,39)(H,35,41)/t23-/m0/s1. The van der Waals surface area contributed by atoms with E-state index in [9.17, 15) is 19.8 Å². The first-order valence-corrected chi connectivity index (χ1v) is 13.6. The van der Waals surface area contributed by atoms with Crippen molar-refractivity contribution < 1.29 is 24.5 Å². The molecule has 12 heteroatoms. The van der Waals surface area contributed by atoms with Crippen LogP contribution in [0.2, 0.25) is 5.02 Å². The van der Waals surface area contributed by atoms with E-state index in [-0.39, 0.29) is 42.7 Å². The Morgan fingerprint density at radius 3 is 2.52 bits per heavy atom. The van der Waals surface area contributed by atoms with Crippen LogP contribution in [0.25, 0.3) is 0 Å². The summed E-state index contributed by atoms with van der Waals surface area (Å²) in [6.45, 7) is 4.00. The van der Waals surface area contributed by atoms with Gasteiger partial charge in [-0.05, 0) is 56.3 Å². The second-order valence-corrected chi connectivity index (χ2v) is 9.86. The van der Waals surface area contributed by atoms with Crippen molar-refractivity contribution in [3.8, 4) is 17.2 Å². The van der Waals surface area contributed by atoms with Gasteiger partial charge in [-0.1, -0.05) is 29.8 Å². The predicted octanol–water partition coefficient (Wildman–Crippen LogP) is 4.09. The number of carbonyl (C=O) groups excluding carboxylic acids is 2. The summed E-state index contributed by atoms with van der Waals surface area (Å²) in [5, 5.41) is 42.8. The van der Waals surface area contributed by atoms with Gasteiger partial charge in [0.25, 0.3) is 5.91 Å². The van der Waals surface area contributed by atoms with E-state index >= 15 is 0 Å². The highest BCUT2D eigenvalue weighted by atomic mass is 35.5. The van der Waals surface area contributed by atoms with E-state index in [0.29, 0.717) is 39.8 Å². The van der Waals surface area contributed by atoms with E-state index in [2.05, 4.69) is 10.6 Å². The molecule has 11 nitrogen and oxygen atoms in total. The number of fused-ring (bicyclic) bond motifs is 1. The molecule has 0 fully saturated rings. The van der Waals surface area contributed by atoms with Crippen LogP contribution >= 0.6 is 11.6 Å². The van der Waals surface area contributed by atoms with Crippen molar-refractivity contribution in [3.63, 3.8) is 0 Å². The first-order chi connectivity index (χ1) is 20.1. The molecule has 0 aliphatic carbocycles. The number of amides is 2. The number of anilines is 1. The summed E-state index contributed by atoms with van der Waals surface area (Å²) < 4.78 is 5.91. The maximum absolute atomic E-state index is 12.5. The number of hydrogen-bond donors (Lipinski definition) is 6. The number of aliphatic imine (C=N–C) groups is 1. The minimum Gasteiger partial charge on any atom is -0.504 e. The molecule has 0 saturated heterocycles. The lowest BCUT2D eigenvalue weighted by molar-refractivity contribution is -0.121. The van der Waals surface area contributed by atoms with Gasteiger partial charge in [0.1, 0.15) is 30.1 Å². The summed E-state index contributed by atoms with van der Waals surface area (Å²) in [6.07, 6.45) is -0.0701. The lowest BCUT2D eigenvalue weighted by Crippen LogP contribution is -2.42. The van der Waals surface area contributed by atoms with Gasteiger partial charge in [-0.25, -0.2) is 0 Å². The smallest absolute Gasteiger partial charge is 0.255 e. The number of benzodiazepines with no additional fused rings is 1. The van der Waals surface area contributed by atoms with E-state index in [1.807, 2.05) is 6.92 Å². The number of amidine groups is 2. The maximum atomic E-state index is 12.5. The zero-order chi connectivity index (χ0) is 30.4. The molecule has 0 aromatic heterocycles. The number of aromatic hydroxyl groups is 2. The van der Waals surface area contributed by atoms with Crippen molar-refractivity contribution in [3.05, 3.63) is 82.4 Å². The third kappa shape index (κ3) is 6.69. The SMILES string of the molecule is CCNC(=O)C[C@@H]1N=C(c2ccc(Cl)cc2)c2cc(OCCNC(=O)c3cccc(O)c3O)ccc2N(C(C)=N)C1=N. The summed E-state index contributed by atoms with van der Waals surface area (Å²) in [7, 11) is 0. The molecular formula is C30H31ClN6O5. The van der Waals surface area contributed by atoms with Crippen LogP contribution in [0.4, 0.5) is 5.69 Å². The number of rotatable bonds is 9. The van der Waals surface area contributed by atoms with Gasteiger partial charge in [0.2, 0.25) is 5.91 Å². The minimum atomic E-state index is -0.858. The molecule has 0 bridgehead atoms. The summed E-state index contributed by atoms with van der Waals surface area (Å²) in [5.74, 6) is -1.20. The number of phenols is 2. The van der Waals surface area contributed by atoms with E-state index in [1.54, 1.807) is 49.4 Å². The number of hydrogen-bond acceptors (Lipinski definition) is 8. The fraction of sp³-hybridized carbons (Fsp3) is 0.233. The highest BCUT2D eigenvalue weighted by molar-refractivity contribution is 6.31. The summed E-state index contributed by atoms with van der Waals surface area (Å²) in [4.78, 5) is 31.3. The molecule has 0 spiro atoms. The van der Waals surface area contributed by atoms with Crippen molar-refractivity contribution in [1.82, 2.24) is 10.6 Å². The lowest BCUT2D eigenvalue weighted by Gasteiger charge is -2.26. The van der Waals surface area contributed by atoms with Gasteiger partial charge in [0, 0.05) is 22.7 Å². The van der Waals surface area contributed by atoms with Crippen molar-refractivity contribution >= 4 is 46.5 Å². The molecule has 3 aromatic rings. The Kier molecular flexibility index (Phi) is 9.43. The Morgan fingerprint density at radius 2 is 1.83 bits per heavy atom. The van der Waals surface area contributed by atoms with Crippen LogP contribution < -0.4 is 20.3 Å². The van der Waals surface area contributed by atoms with Gasteiger partial charge < -0.3 is 25.6 Å². The van der Waals surface area contributed by atoms with Gasteiger partial charge >= 0.3 is 0 Å². The highest BCUT2D eigenvalue weighted by Crippen LogP contribution is 2.33. The van der Waals surface area contributed by atoms with Crippen LogP contribution in [0, 0.1) is 10.8 Å². The van der Waals surface area contributed by atoms with Crippen LogP contribution in [0.5, 0.6) is 17.2 Å². The topological polar surface area (TPSA) is 171 Å². The lowest BCUT2D eigenvalue weighted by atomic mass is 9.99. The van der Waals surface area contributed by atoms with Crippen LogP contribution in [-0.4, -0.2) is 65.1 Å². The molecule has 0 unspecified atom stereocenters. The van der Waals surface area contributed by atoms with Crippen molar-refractivity contribution in [2.45, 2.75) is 26.3 Å². The Morgan fingerprint density at radius 1 is 1.10 bits per heavy atom. The molecule has 1 atom stereocenters. The van der Waals surface area contributed by atoms with Gasteiger partial charge in [0.15, 0.2) is 11.5 Å². The summed E-state index contributed by atoms with van der Waals surface area (Å²) in [6, 6.07) is 15.5.